The average Bonchev–Trinajstić information content (AvgIpc) is 2.58. The first-order chi connectivity index (χ1) is 11.5. The number of rotatable bonds is 5. The summed E-state index contributed by atoms with van der Waals surface area (Å²) in [5.41, 5.74) is 1.72. The lowest BCUT2D eigenvalue weighted by Gasteiger charge is -2.32. The Morgan fingerprint density at radius 1 is 1.33 bits per heavy atom. The zero-order chi connectivity index (χ0) is 17.5. The molecule has 6 nitrogen and oxygen atoms in total. The molecule has 1 atom stereocenters. The maximum absolute atomic E-state index is 12.5. The molecule has 0 radical (unpaired) electrons. The maximum atomic E-state index is 12.5. The van der Waals surface area contributed by atoms with Crippen molar-refractivity contribution < 1.29 is 14.3 Å². The Labute approximate surface area is 143 Å². The van der Waals surface area contributed by atoms with Gasteiger partial charge in [-0.1, -0.05) is 0 Å². The quantitative estimate of drug-likeness (QED) is 0.870. The number of benzene rings is 1. The van der Waals surface area contributed by atoms with Crippen molar-refractivity contribution in [2.45, 2.75) is 33.6 Å². The molecule has 2 rings (SSSR count). The second-order valence-corrected chi connectivity index (χ2v) is 6.02. The SMILES string of the molecule is CCNC(=O)[C@@H]1CCCN(C(=O)Nc2ccc(OCC)c(C)c2)C1. The van der Waals surface area contributed by atoms with E-state index in [1.54, 1.807) is 4.90 Å². The van der Waals surface area contributed by atoms with Crippen molar-refractivity contribution in [3.05, 3.63) is 23.8 Å². The molecule has 1 aliphatic rings. The Hall–Kier alpha value is -2.24. The van der Waals surface area contributed by atoms with Gasteiger partial charge in [-0.2, -0.15) is 0 Å². The first-order valence-corrected chi connectivity index (χ1v) is 8.62. The Bertz CT molecular complexity index is 589. The van der Waals surface area contributed by atoms with E-state index in [0.717, 1.165) is 29.8 Å². The van der Waals surface area contributed by atoms with E-state index in [0.29, 0.717) is 26.2 Å². The Balaban J connectivity index is 1.96. The lowest BCUT2D eigenvalue weighted by molar-refractivity contribution is -0.126. The topological polar surface area (TPSA) is 70.7 Å². The zero-order valence-corrected chi connectivity index (χ0v) is 14.7. The molecule has 1 aliphatic heterocycles. The molecule has 1 saturated heterocycles. The molecule has 0 saturated carbocycles. The van der Waals surface area contributed by atoms with E-state index < -0.39 is 0 Å². The molecule has 0 aliphatic carbocycles. The molecular weight excluding hydrogens is 306 g/mol. The fraction of sp³-hybridized carbons (Fsp3) is 0.556. The highest BCUT2D eigenvalue weighted by Gasteiger charge is 2.28. The first kappa shape index (κ1) is 18.1. The van der Waals surface area contributed by atoms with Gasteiger partial charge in [0.05, 0.1) is 12.5 Å². The van der Waals surface area contributed by atoms with E-state index >= 15 is 0 Å². The lowest BCUT2D eigenvalue weighted by atomic mass is 9.97. The molecule has 0 unspecified atom stereocenters. The van der Waals surface area contributed by atoms with Crippen molar-refractivity contribution >= 4 is 17.6 Å². The molecule has 1 aromatic carbocycles. The third-order valence-electron chi connectivity index (χ3n) is 4.16. The maximum Gasteiger partial charge on any atom is 0.321 e. The molecule has 2 N–H and O–H groups in total. The Morgan fingerprint density at radius 3 is 2.79 bits per heavy atom. The molecular formula is C18H27N3O3. The van der Waals surface area contributed by atoms with Gasteiger partial charge in [0.2, 0.25) is 5.91 Å². The number of carbonyl (C=O) groups excluding carboxylic acids is 2. The number of anilines is 1. The van der Waals surface area contributed by atoms with Crippen LogP contribution in [0.2, 0.25) is 0 Å². The summed E-state index contributed by atoms with van der Waals surface area (Å²) in [6, 6.07) is 5.43. The van der Waals surface area contributed by atoms with Gasteiger partial charge in [-0.05, 0) is 57.4 Å². The predicted molar refractivity (Wildman–Crippen MR) is 94.3 cm³/mol. The third-order valence-corrected chi connectivity index (χ3v) is 4.16. The second-order valence-electron chi connectivity index (χ2n) is 6.02. The van der Waals surface area contributed by atoms with Crippen LogP contribution < -0.4 is 15.4 Å². The van der Waals surface area contributed by atoms with E-state index in [9.17, 15) is 9.59 Å². The van der Waals surface area contributed by atoms with Crippen molar-refractivity contribution in [3.8, 4) is 5.75 Å². The third kappa shape index (κ3) is 4.63. The van der Waals surface area contributed by atoms with Crippen LogP contribution >= 0.6 is 0 Å². The van der Waals surface area contributed by atoms with Gasteiger partial charge >= 0.3 is 6.03 Å². The molecule has 0 bridgehead atoms. The highest BCUT2D eigenvalue weighted by Crippen LogP contribution is 2.23. The lowest BCUT2D eigenvalue weighted by Crippen LogP contribution is -2.46. The summed E-state index contributed by atoms with van der Waals surface area (Å²) in [7, 11) is 0. The summed E-state index contributed by atoms with van der Waals surface area (Å²) in [6.45, 7) is 8.17. The van der Waals surface area contributed by atoms with Gasteiger partial charge in [0.25, 0.3) is 0 Å². The minimum absolute atomic E-state index is 0.0342. The van der Waals surface area contributed by atoms with Gasteiger partial charge in [-0.3, -0.25) is 4.79 Å². The summed E-state index contributed by atoms with van der Waals surface area (Å²) in [5.74, 6) is 0.739. The molecule has 6 heteroatoms. The van der Waals surface area contributed by atoms with Crippen LogP contribution in [0.25, 0.3) is 0 Å². The van der Waals surface area contributed by atoms with Gasteiger partial charge in [-0.25, -0.2) is 4.79 Å². The first-order valence-electron chi connectivity index (χ1n) is 8.62. The largest absolute Gasteiger partial charge is 0.494 e. The number of hydrogen-bond donors (Lipinski definition) is 2. The summed E-state index contributed by atoms with van der Waals surface area (Å²) in [4.78, 5) is 26.2. The number of nitrogens with zero attached hydrogens (tertiary/aromatic N) is 1. The van der Waals surface area contributed by atoms with Crippen LogP contribution in [0.4, 0.5) is 10.5 Å². The number of hydrogen-bond acceptors (Lipinski definition) is 3. The predicted octanol–water partition coefficient (Wildman–Crippen LogP) is 2.77. The van der Waals surface area contributed by atoms with Crippen LogP contribution in [0.1, 0.15) is 32.3 Å². The zero-order valence-electron chi connectivity index (χ0n) is 14.7. The van der Waals surface area contributed by atoms with E-state index in [-0.39, 0.29) is 17.9 Å². The van der Waals surface area contributed by atoms with Crippen LogP contribution in [-0.2, 0) is 4.79 Å². The van der Waals surface area contributed by atoms with Crippen molar-refractivity contribution in [3.63, 3.8) is 0 Å². The standard InChI is InChI=1S/C18H27N3O3/c1-4-19-17(22)14-7-6-10-21(12-14)18(23)20-15-8-9-16(24-5-2)13(3)11-15/h8-9,11,14H,4-7,10,12H2,1-3H3,(H,19,22)(H,20,23)/t14-/m1/s1. The number of aryl methyl sites for hydroxylation is 1. The van der Waals surface area contributed by atoms with Gasteiger partial charge in [-0.15, -0.1) is 0 Å². The van der Waals surface area contributed by atoms with Crippen molar-refractivity contribution in [1.82, 2.24) is 10.2 Å². The summed E-state index contributed by atoms with van der Waals surface area (Å²) in [6.07, 6.45) is 1.68. The highest BCUT2D eigenvalue weighted by atomic mass is 16.5. The van der Waals surface area contributed by atoms with E-state index in [2.05, 4.69) is 10.6 Å². The van der Waals surface area contributed by atoms with Gasteiger partial charge in [0.15, 0.2) is 0 Å². The van der Waals surface area contributed by atoms with Crippen molar-refractivity contribution in [2.75, 3.05) is 31.6 Å². The van der Waals surface area contributed by atoms with Crippen LogP contribution in [0, 0.1) is 12.8 Å². The summed E-state index contributed by atoms with van der Waals surface area (Å²) in [5, 5.41) is 5.75. The van der Waals surface area contributed by atoms with E-state index in [1.807, 2.05) is 39.0 Å². The molecule has 0 spiro atoms. The smallest absolute Gasteiger partial charge is 0.321 e. The number of carbonyl (C=O) groups is 2. The molecule has 1 heterocycles. The van der Waals surface area contributed by atoms with Crippen LogP contribution in [0.5, 0.6) is 5.75 Å². The van der Waals surface area contributed by atoms with Gasteiger partial charge < -0.3 is 20.3 Å². The summed E-state index contributed by atoms with van der Waals surface area (Å²) < 4.78 is 5.51. The fourth-order valence-electron chi connectivity index (χ4n) is 2.94. The average molecular weight is 333 g/mol. The normalized spacial score (nSPS) is 17.3. The number of urea groups is 1. The number of nitrogens with one attached hydrogen (secondary N) is 2. The monoisotopic (exact) mass is 333 g/mol. The molecule has 0 aromatic heterocycles. The van der Waals surface area contributed by atoms with E-state index in [1.165, 1.54) is 0 Å². The minimum Gasteiger partial charge on any atom is -0.494 e. The molecule has 24 heavy (non-hydrogen) atoms. The van der Waals surface area contributed by atoms with Gasteiger partial charge in [0.1, 0.15) is 5.75 Å². The number of ether oxygens (including phenoxy) is 1. The summed E-state index contributed by atoms with van der Waals surface area (Å²) >= 11 is 0. The number of likely N-dealkylation sites (tertiary alicyclic amines) is 1. The molecule has 1 aromatic rings. The molecule has 1 fully saturated rings. The molecule has 132 valence electrons. The van der Waals surface area contributed by atoms with Crippen LogP contribution in [0.3, 0.4) is 0 Å². The van der Waals surface area contributed by atoms with Crippen molar-refractivity contribution in [1.29, 1.82) is 0 Å². The van der Waals surface area contributed by atoms with E-state index in [4.69, 9.17) is 4.74 Å². The second kappa shape index (κ2) is 8.57. The highest BCUT2D eigenvalue weighted by molar-refractivity contribution is 5.90. The van der Waals surface area contributed by atoms with Gasteiger partial charge in [0, 0.05) is 25.3 Å². The van der Waals surface area contributed by atoms with Crippen LogP contribution in [-0.4, -0.2) is 43.1 Å². The fourth-order valence-corrected chi connectivity index (χ4v) is 2.94. The molecule has 3 amide bonds. The number of piperidine rings is 1. The van der Waals surface area contributed by atoms with Crippen molar-refractivity contribution in [2.24, 2.45) is 5.92 Å². The Kier molecular flexibility index (Phi) is 6.46. The minimum atomic E-state index is -0.160. The van der Waals surface area contributed by atoms with Crippen LogP contribution in [0.15, 0.2) is 18.2 Å². The Morgan fingerprint density at radius 2 is 2.12 bits per heavy atom. The number of amides is 3.